The van der Waals surface area contributed by atoms with Crippen LogP contribution in [-0.2, 0) is 30.9 Å². The number of hydrogen-bond acceptors (Lipinski definition) is 8. The minimum atomic E-state index is -3.71. The highest BCUT2D eigenvalue weighted by atomic mass is 35.5. The van der Waals surface area contributed by atoms with Gasteiger partial charge in [0.25, 0.3) is 5.91 Å². The van der Waals surface area contributed by atoms with Crippen molar-refractivity contribution in [3.63, 3.8) is 0 Å². The summed E-state index contributed by atoms with van der Waals surface area (Å²) in [4.78, 5) is 36.5. The number of esters is 1. The molecular formula is C19H22ClN5O7S. The normalized spacial score (nSPS) is 14.8. The average molecular weight is 500 g/mol. The first-order valence-electron chi connectivity index (χ1n) is 9.88. The highest BCUT2D eigenvalue weighted by molar-refractivity contribution is 7.89. The lowest BCUT2D eigenvalue weighted by atomic mass is 10.3. The van der Waals surface area contributed by atoms with E-state index in [4.69, 9.17) is 16.3 Å². The molecule has 12 nitrogen and oxygen atoms in total. The fourth-order valence-electron chi connectivity index (χ4n) is 3.44. The quantitative estimate of drug-likeness (QED) is 0.313. The molecule has 1 aliphatic heterocycles. The summed E-state index contributed by atoms with van der Waals surface area (Å²) in [5.74, 6) is -1.24. The Morgan fingerprint density at radius 1 is 1.15 bits per heavy atom. The molecule has 33 heavy (non-hydrogen) atoms. The van der Waals surface area contributed by atoms with E-state index in [1.54, 1.807) is 0 Å². The summed E-state index contributed by atoms with van der Waals surface area (Å²) < 4.78 is 32.9. The van der Waals surface area contributed by atoms with Crippen LogP contribution in [0, 0.1) is 24.0 Å². The molecule has 0 N–H and O–H groups in total. The second-order valence-electron chi connectivity index (χ2n) is 7.33. The molecule has 1 aromatic heterocycles. The molecule has 0 spiro atoms. The molecule has 0 radical (unpaired) electrons. The molecule has 0 saturated carbocycles. The summed E-state index contributed by atoms with van der Waals surface area (Å²) >= 11 is 5.81. The number of aryl methyl sites for hydroxylation is 1. The highest BCUT2D eigenvalue weighted by Gasteiger charge is 2.30. The highest BCUT2D eigenvalue weighted by Crippen LogP contribution is 2.22. The number of rotatable bonds is 7. The molecule has 0 bridgehead atoms. The molecule has 178 valence electrons. The van der Waals surface area contributed by atoms with Gasteiger partial charge in [0.05, 0.1) is 9.82 Å². The van der Waals surface area contributed by atoms with Crippen LogP contribution in [0.2, 0.25) is 5.02 Å². The molecule has 1 saturated heterocycles. The predicted octanol–water partition coefficient (Wildman–Crippen LogP) is 1.14. The van der Waals surface area contributed by atoms with Crippen molar-refractivity contribution in [2.75, 3.05) is 32.8 Å². The Morgan fingerprint density at radius 2 is 1.76 bits per heavy atom. The van der Waals surface area contributed by atoms with E-state index in [9.17, 15) is 28.1 Å². The number of nitro groups is 1. The molecule has 2 aromatic rings. The van der Waals surface area contributed by atoms with Gasteiger partial charge >= 0.3 is 11.7 Å². The van der Waals surface area contributed by atoms with Crippen LogP contribution in [0.25, 0.3) is 0 Å². The van der Waals surface area contributed by atoms with Gasteiger partial charge in [-0.3, -0.25) is 24.4 Å². The van der Waals surface area contributed by atoms with Crippen LogP contribution in [0.4, 0.5) is 5.69 Å². The molecule has 1 aliphatic rings. The Bertz CT molecular complexity index is 1170. The molecule has 14 heteroatoms. The molecule has 0 unspecified atom stereocenters. The molecule has 0 atom stereocenters. The predicted molar refractivity (Wildman–Crippen MR) is 116 cm³/mol. The number of benzene rings is 1. The number of ether oxygens (including phenoxy) is 1. The zero-order valence-electron chi connectivity index (χ0n) is 17.9. The molecule has 0 aliphatic carbocycles. The van der Waals surface area contributed by atoms with Crippen LogP contribution in [0.15, 0.2) is 29.2 Å². The summed E-state index contributed by atoms with van der Waals surface area (Å²) in [6, 6.07) is 5.83. The van der Waals surface area contributed by atoms with Gasteiger partial charge in [-0.2, -0.15) is 9.40 Å². The van der Waals surface area contributed by atoms with Crippen LogP contribution < -0.4 is 0 Å². The molecule has 3 rings (SSSR count). The SMILES string of the molecule is Cc1nn(CC(=O)OCC(=O)N2CCN(S(=O)(=O)c3ccc(Cl)cc3)CC2)c(C)c1[N+](=O)[O-]. The van der Waals surface area contributed by atoms with Gasteiger partial charge in [-0.1, -0.05) is 11.6 Å². The molecular weight excluding hydrogens is 478 g/mol. The first-order chi connectivity index (χ1) is 15.5. The third kappa shape index (κ3) is 5.49. The Morgan fingerprint density at radius 3 is 2.30 bits per heavy atom. The van der Waals surface area contributed by atoms with Gasteiger partial charge in [-0.25, -0.2) is 8.42 Å². The van der Waals surface area contributed by atoms with E-state index in [-0.39, 0.29) is 54.7 Å². The molecule has 1 amide bonds. The lowest BCUT2D eigenvalue weighted by Crippen LogP contribution is -2.51. The first kappa shape index (κ1) is 24.6. The fourth-order valence-corrected chi connectivity index (χ4v) is 4.99. The molecule has 1 aromatic carbocycles. The van der Waals surface area contributed by atoms with Crippen LogP contribution in [0.1, 0.15) is 11.4 Å². The Labute approximate surface area is 194 Å². The summed E-state index contributed by atoms with van der Waals surface area (Å²) in [6.07, 6.45) is 0. The summed E-state index contributed by atoms with van der Waals surface area (Å²) in [6.45, 7) is 2.52. The zero-order chi connectivity index (χ0) is 24.3. The van der Waals surface area contributed by atoms with Gasteiger partial charge in [0, 0.05) is 31.2 Å². The van der Waals surface area contributed by atoms with E-state index < -0.39 is 33.4 Å². The Balaban J connectivity index is 1.50. The topological polar surface area (TPSA) is 145 Å². The standard InChI is InChI=1S/C19H22ClN5O7S/c1-13-19(25(28)29)14(2)24(21-13)11-18(27)32-12-17(26)22-7-9-23(10-8-22)33(30,31)16-5-3-15(20)4-6-16/h3-6H,7-12H2,1-2H3. The summed E-state index contributed by atoms with van der Waals surface area (Å²) in [7, 11) is -3.71. The van der Waals surface area contributed by atoms with Gasteiger partial charge in [0.2, 0.25) is 10.0 Å². The van der Waals surface area contributed by atoms with Gasteiger partial charge in [-0.05, 0) is 38.1 Å². The van der Waals surface area contributed by atoms with Crippen LogP contribution >= 0.6 is 11.6 Å². The minimum absolute atomic E-state index is 0.0973. The lowest BCUT2D eigenvalue weighted by molar-refractivity contribution is -0.386. The van der Waals surface area contributed by atoms with Crippen molar-refractivity contribution in [1.29, 1.82) is 0 Å². The van der Waals surface area contributed by atoms with Crippen molar-refractivity contribution in [2.24, 2.45) is 0 Å². The van der Waals surface area contributed by atoms with Crippen molar-refractivity contribution in [1.82, 2.24) is 19.0 Å². The largest absolute Gasteiger partial charge is 0.454 e. The Hall–Kier alpha value is -3.03. The number of halogens is 1. The number of sulfonamides is 1. The average Bonchev–Trinajstić information content (AvgIpc) is 3.05. The molecule has 1 fully saturated rings. The first-order valence-corrected chi connectivity index (χ1v) is 11.7. The molecule has 2 heterocycles. The van der Waals surface area contributed by atoms with Crippen molar-refractivity contribution < 1.29 is 27.7 Å². The van der Waals surface area contributed by atoms with E-state index in [2.05, 4.69) is 5.10 Å². The van der Waals surface area contributed by atoms with E-state index >= 15 is 0 Å². The number of amides is 1. The van der Waals surface area contributed by atoms with Crippen LogP contribution in [0.5, 0.6) is 0 Å². The van der Waals surface area contributed by atoms with Gasteiger partial charge < -0.3 is 9.64 Å². The smallest absolute Gasteiger partial charge is 0.328 e. The minimum Gasteiger partial charge on any atom is -0.454 e. The van der Waals surface area contributed by atoms with Crippen LogP contribution in [0.3, 0.4) is 0 Å². The van der Waals surface area contributed by atoms with Crippen molar-refractivity contribution in [2.45, 2.75) is 25.3 Å². The number of aromatic nitrogens is 2. The Kier molecular flexibility index (Phi) is 7.34. The number of nitrogens with zero attached hydrogens (tertiary/aromatic N) is 5. The van der Waals surface area contributed by atoms with Gasteiger partial charge in [0.1, 0.15) is 17.9 Å². The van der Waals surface area contributed by atoms with Crippen molar-refractivity contribution in [3.05, 3.63) is 50.8 Å². The summed E-state index contributed by atoms with van der Waals surface area (Å²) in [5, 5.41) is 15.4. The van der Waals surface area contributed by atoms with E-state index in [1.165, 1.54) is 47.3 Å². The van der Waals surface area contributed by atoms with E-state index in [0.29, 0.717) is 5.02 Å². The fraction of sp³-hybridized carbons (Fsp3) is 0.421. The lowest BCUT2D eigenvalue weighted by Gasteiger charge is -2.33. The van der Waals surface area contributed by atoms with Gasteiger partial charge in [0.15, 0.2) is 6.61 Å². The van der Waals surface area contributed by atoms with E-state index in [0.717, 1.165) is 4.68 Å². The third-order valence-corrected chi connectivity index (χ3v) is 7.37. The van der Waals surface area contributed by atoms with E-state index in [1.807, 2.05) is 0 Å². The third-order valence-electron chi connectivity index (χ3n) is 5.20. The van der Waals surface area contributed by atoms with Crippen LogP contribution in [-0.4, -0.2) is 77.0 Å². The summed E-state index contributed by atoms with van der Waals surface area (Å²) in [5.41, 5.74) is 0.205. The maximum absolute atomic E-state index is 12.7. The second kappa shape index (κ2) is 9.85. The maximum atomic E-state index is 12.7. The number of hydrogen-bond donors (Lipinski definition) is 0. The maximum Gasteiger partial charge on any atom is 0.328 e. The monoisotopic (exact) mass is 499 g/mol. The number of carbonyl (C=O) groups is 2. The number of carbonyl (C=O) groups excluding carboxylic acids is 2. The second-order valence-corrected chi connectivity index (χ2v) is 9.71. The number of piperazine rings is 1. The van der Waals surface area contributed by atoms with Crippen molar-refractivity contribution in [3.8, 4) is 0 Å². The van der Waals surface area contributed by atoms with Crippen molar-refractivity contribution >= 4 is 39.2 Å². The zero-order valence-corrected chi connectivity index (χ0v) is 19.5. The van der Waals surface area contributed by atoms with Gasteiger partial charge in [-0.15, -0.1) is 0 Å².